The minimum atomic E-state index is -4.35. The summed E-state index contributed by atoms with van der Waals surface area (Å²) in [6.45, 7) is 6.55. The second-order valence-electron chi connectivity index (χ2n) is 2.36. The van der Waals surface area contributed by atoms with Crippen LogP contribution in [0.4, 0.5) is 13.2 Å². The van der Waals surface area contributed by atoms with Gasteiger partial charge in [0.1, 0.15) is 0 Å². The van der Waals surface area contributed by atoms with Crippen molar-refractivity contribution in [1.29, 1.82) is 0 Å². The zero-order chi connectivity index (χ0) is 8.65. The fourth-order valence-electron chi connectivity index (χ4n) is 0.855. The van der Waals surface area contributed by atoms with Crippen molar-refractivity contribution < 1.29 is 17.9 Å². The highest BCUT2D eigenvalue weighted by Gasteiger charge is 2.46. The highest BCUT2D eigenvalue weighted by molar-refractivity contribution is 5.34. The van der Waals surface area contributed by atoms with Crippen LogP contribution < -0.4 is 0 Å². The Labute approximate surface area is 62.2 Å². The molecule has 0 saturated carbocycles. The molecule has 0 aromatic heterocycles. The van der Waals surface area contributed by atoms with E-state index in [9.17, 15) is 13.2 Å². The minimum absolute atomic E-state index is 0.0579. The molecule has 0 spiro atoms. The maximum absolute atomic E-state index is 12.0. The molecule has 1 saturated heterocycles. The number of rotatable bonds is 0. The van der Waals surface area contributed by atoms with E-state index in [0.29, 0.717) is 5.57 Å². The quantitative estimate of drug-likeness (QED) is 0.532. The van der Waals surface area contributed by atoms with E-state index in [1.165, 1.54) is 0 Å². The minimum Gasteiger partial charge on any atom is -0.359 e. The molecule has 0 aliphatic carbocycles. The Morgan fingerprint density at radius 3 is 2.09 bits per heavy atom. The summed E-state index contributed by atoms with van der Waals surface area (Å²) in [5.74, 6) is 0. The van der Waals surface area contributed by atoms with Gasteiger partial charge >= 0.3 is 6.18 Å². The first-order valence-corrected chi connectivity index (χ1v) is 2.98. The molecule has 1 aliphatic rings. The van der Waals surface area contributed by atoms with Crippen molar-refractivity contribution in [2.75, 3.05) is 6.61 Å². The first-order valence-electron chi connectivity index (χ1n) is 2.98. The van der Waals surface area contributed by atoms with Gasteiger partial charge in [-0.1, -0.05) is 13.2 Å². The number of alkyl halides is 3. The molecule has 0 N–H and O–H groups in total. The predicted molar refractivity (Wildman–Crippen MR) is 34.1 cm³/mol. The van der Waals surface area contributed by atoms with Gasteiger partial charge in [0.25, 0.3) is 0 Å². The average Bonchev–Trinajstić information content (AvgIpc) is 2.11. The van der Waals surface area contributed by atoms with Crippen LogP contribution in [0, 0.1) is 0 Å². The zero-order valence-corrected chi connectivity index (χ0v) is 5.74. The van der Waals surface area contributed by atoms with Crippen molar-refractivity contribution >= 4 is 0 Å². The third kappa shape index (κ3) is 1.45. The molecule has 11 heavy (non-hydrogen) atoms. The molecule has 0 radical (unpaired) electrons. The van der Waals surface area contributed by atoms with E-state index >= 15 is 0 Å². The lowest BCUT2D eigenvalue weighted by Crippen LogP contribution is -2.28. The summed E-state index contributed by atoms with van der Waals surface area (Å²) in [4.78, 5) is 0. The number of halogens is 3. The maximum Gasteiger partial charge on any atom is 0.418 e. The van der Waals surface area contributed by atoms with Crippen LogP contribution in [0.5, 0.6) is 0 Å². The van der Waals surface area contributed by atoms with Gasteiger partial charge in [0, 0.05) is 0 Å². The molecule has 1 unspecified atom stereocenters. The van der Waals surface area contributed by atoms with Crippen LogP contribution in [-0.4, -0.2) is 18.9 Å². The van der Waals surface area contributed by atoms with Gasteiger partial charge in [0.05, 0.1) is 6.61 Å². The summed E-state index contributed by atoms with van der Waals surface area (Å²) in [6, 6.07) is 0. The van der Waals surface area contributed by atoms with E-state index in [0.717, 1.165) is 0 Å². The van der Waals surface area contributed by atoms with E-state index in [1.54, 1.807) is 0 Å². The van der Waals surface area contributed by atoms with Gasteiger partial charge in [0.15, 0.2) is 6.10 Å². The van der Waals surface area contributed by atoms with E-state index in [1.807, 2.05) is 0 Å². The van der Waals surface area contributed by atoms with Crippen LogP contribution in [0.2, 0.25) is 0 Å². The molecule has 0 aromatic carbocycles. The molecule has 1 rings (SSSR count). The Bertz CT molecular complexity index is 204. The summed E-state index contributed by atoms with van der Waals surface area (Å²) in [5.41, 5.74) is 0.268. The Morgan fingerprint density at radius 2 is 1.91 bits per heavy atom. The zero-order valence-electron chi connectivity index (χ0n) is 5.74. The van der Waals surface area contributed by atoms with Crippen molar-refractivity contribution in [2.45, 2.75) is 12.3 Å². The Kier molecular flexibility index (Phi) is 1.80. The third-order valence-electron chi connectivity index (χ3n) is 1.49. The Morgan fingerprint density at radius 1 is 1.36 bits per heavy atom. The molecule has 0 aromatic rings. The molecule has 62 valence electrons. The van der Waals surface area contributed by atoms with E-state index in [4.69, 9.17) is 0 Å². The standard InChI is InChI=1S/C7H7F3O/c1-4-3-11-6(5(4)2)7(8,9)10/h6H,1-3H2. The van der Waals surface area contributed by atoms with Gasteiger partial charge in [-0.05, 0) is 11.1 Å². The van der Waals surface area contributed by atoms with Crippen molar-refractivity contribution in [3.8, 4) is 0 Å². The van der Waals surface area contributed by atoms with Gasteiger partial charge in [-0.15, -0.1) is 0 Å². The molecule has 1 nitrogen and oxygen atoms in total. The van der Waals surface area contributed by atoms with Gasteiger partial charge in [-0.3, -0.25) is 0 Å². The summed E-state index contributed by atoms with van der Waals surface area (Å²) in [6.07, 6.45) is -6.19. The van der Waals surface area contributed by atoms with Gasteiger partial charge in [0.2, 0.25) is 0 Å². The maximum atomic E-state index is 12.0. The molecule has 1 aliphatic heterocycles. The first-order chi connectivity index (χ1) is 4.93. The lowest BCUT2D eigenvalue weighted by atomic mass is 10.1. The number of ether oxygens (including phenoxy) is 1. The van der Waals surface area contributed by atoms with Crippen LogP contribution in [0.3, 0.4) is 0 Å². The van der Waals surface area contributed by atoms with Crippen molar-refractivity contribution in [1.82, 2.24) is 0 Å². The van der Waals surface area contributed by atoms with Gasteiger partial charge in [-0.2, -0.15) is 13.2 Å². The Balaban J connectivity index is 2.78. The average molecular weight is 164 g/mol. The highest BCUT2D eigenvalue weighted by Crippen LogP contribution is 2.34. The van der Waals surface area contributed by atoms with Crippen LogP contribution in [0.15, 0.2) is 24.3 Å². The normalized spacial score (nSPS) is 26.3. The predicted octanol–water partition coefficient (Wildman–Crippen LogP) is 2.06. The molecule has 1 atom stereocenters. The Hall–Kier alpha value is -0.770. The van der Waals surface area contributed by atoms with E-state index < -0.39 is 12.3 Å². The molecular weight excluding hydrogens is 157 g/mol. The van der Waals surface area contributed by atoms with Crippen LogP contribution >= 0.6 is 0 Å². The van der Waals surface area contributed by atoms with E-state index in [2.05, 4.69) is 17.9 Å². The topological polar surface area (TPSA) is 9.23 Å². The molecule has 4 heteroatoms. The fourth-order valence-corrected chi connectivity index (χ4v) is 0.855. The molecule has 0 bridgehead atoms. The molecule has 1 fully saturated rings. The second-order valence-corrected chi connectivity index (χ2v) is 2.36. The van der Waals surface area contributed by atoms with Crippen LogP contribution in [0.25, 0.3) is 0 Å². The SMILES string of the molecule is C=C1COC(C(F)(F)F)C1=C. The van der Waals surface area contributed by atoms with E-state index in [-0.39, 0.29) is 12.2 Å². The monoisotopic (exact) mass is 164 g/mol. The molecule has 1 heterocycles. The lowest BCUT2D eigenvalue weighted by Gasteiger charge is -2.13. The molecule has 0 amide bonds. The summed E-state index contributed by atoms with van der Waals surface area (Å²) < 4.78 is 40.3. The molecular formula is C7H7F3O. The van der Waals surface area contributed by atoms with Crippen molar-refractivity contribution in [2.24, 2.45) is 0 Å². The van der Waals surface area contributed by atoms with Gasteiger partial charge in [-0.25, -0.2) is 0 Å². The van der Waals surface area contributed by atoms with Crippen LogP contribution in [0.1, 0.15) is 0 Å². The van der Waals surface area contributed by atoms with Crippen molar-refractivity contribution in [3.63, 3.8) is 0 Å². The van der Waals surface area contributed by atoms with Crippen LogP contribution in [-0.2, 0) is 4.74 Å². The summed E-state index contributed by atoms with van der Waals surface area (Å²) >= 11 is 0. The van der Waals surface area contributed by atoms with Crippen molar-refractivity contribution in [3.05, 3.63) is 24.3 Å². The number of hydrogen-bond acceptors (Lipinski definition) is 1. The number of hydrogen-bond donors (Lipinski definition) is 0. The highest BCUT2D eigenvalue weighted by atomic mass is 19.4. The first kappa shape index (κ1) is 8.33. The fraction of sp³-hybridized carbons (Fsp3) is 0.429. The summed E-state index contributed by atoms with van der Waals surface area (Å²) in [7, 11) is 0. The van der Waals surface area contributed by atoms with Gasteiger partial charge < -0.3 is 4.74 Å². The second kappa shape index (κ2) is 2.37. The third-order valence-corrected chi connectivity index (χ3v) is 1.49. The smallest absolute Gasteiger partial charge is 0.359 e. The summed E-state index contributed by atoms with van der Waals surface area (Å²) in [5, 5.41) is 0. The lowest BCUT2D eigenvalue weighted by molar-refractivity contribution is -0.196. The largest absolute Gasteiger partial charge is 0.418 e.